The molecule has 1 amide bonds. The Morgan fingerprint density at radius 2 is 2.53 bits per heavy atom. The standard InChI is InChI=1S/C9H9NO3S2/c1-2-3-13-8(12)7-9(14)15-6-4-5(11)10(6)7/h2,6-7H,1,3-4H2. The molecule has 15 heavy (non-hydrogen) atoms. The maximum Gasteiger partial charge on any atom is 0.335 e. The van der Waals surface area contributed by atoms with Gasteiger partial charge in [0.25, 0.3) is 0 Å². The van der Waals surface area contributed by atoms with Gasteiger partial charge in [-0.15, -0.1) is 0 Å². The second-order valence-corrected chi connectivity index (χ2v) is 5.14. The van der Waals surface area contributed by atoms with Gasteiger partial charge in [-0.1, -0.05) is 36.6 Å². The lowest BCUT2D eigenvalue weighted by Gasteiger charge is -2.35. The fourth-order valence-corrected chi connectivity index (χ4v) is 3.28. The topological polar surface area (TPSA) is 46.6 Å². The van der Waals surface area contributed by atoms with E-state index in [-0.39, 0.29) is 17.9 Å². The molecule has 0 aromatic carbocycles. The molecule has 2 aliphatic rings. The highest BCUT2D eigenvalue weighted by atomic mass is 32.2. The van der Waals surface area contributed by atoms with Crippen molar-refractivity contribution in [2.45, 2.75) is 17.8 Å². The lowest BCUT2D eigenvalue weighted by molar-refractivity contribution is -0.156. The Labute approximate surface area is 96.6 Å². The van der Waals surface area contributed by atoms with Gasteiger partial charge in [0.2, 0.25) is 5.91 Å². The first-order valence-electron chi connectivity index (χ1n) is 4.44. The van der Waals surface area contributed by atoms with Crippen molar-refractivity contribution in [2.75, 3.05) is 6.61 Å². The minimum Gasteiger partial charge on any atom is -0.460 e. The van der Waals surface area contributed by atoms with E-state index < -0.39 is 12.0 Å². The lowest BCUT2D eigenvalue weighted by atomic mass is 10.1. The third-order valence-corrected chi connectivity index (χ3v) is 3.90. The summed E-state index contributed by atoms with van der Waals surface area (Å²) in [7, 11) is 0. The van der Waals surface area contributed by atoms with Crippen molar-refractivity contribution < 1.29 is 14.3 Å². The maximum absolute atomic E-state index is 11.6. The number of carbonyl (C=O) groups excluding carboxylic acids is 2. The summed E-state index contributed by atoms with van der Waals surface area (Å²) < 4.78 is 5.42. The first kappa shape index (κ1) is 10.6. The Kier molecular flexibility index (Phi) is 2.79. The number of β-lactam (4-membered cyclic amide) rings is 1. The van der Waals surface area contributed by atoms with Gasteiger partial charge in [0.05, 0.1) is 16.0 Å². The van der Waals surface area contributed by atoms with Gasteiger partial charge < -0.3 is 9.64 Å². The molecule has 2 atom stereocenters. The monoisotopic (exact) mass is 243 g/mol. The molecule has 80 valence electrons. The number of rotatable bonds is 3. The van der Waals surface area contributed by atoms with Gasteiger partial charge in [-0.25, -0.2) is 4.79 Å². The molecule has 6 heteroatoms. The molecule has 0 aromatic rings. The number of carbonyl (C=O) groups is 2. The fourth-order valence-electron chi connectivity index (χ4n) is 1.55. The first-order chi connectivity index (χ1) is 7.15. The molecule has 0 bridgehead atoms. The summed E-state index contributed by atoms with van der Waals surface area (Å²) >= 11 is 6.46. The van der Waals surface area contributed by atoms with Crippen LogP contribution in [0.25, 0.3) is 0 Å². The summed E-state index contributed by atoms with van der Waals surface area (Å²) in [5.41, 5.74) is 0. The molecule has 2 saturated heterocycles. The first-order valence-corrected chi connectivity index (χ1v) is 5.73. The third kappa shape index (κ3) is 1.68. The summed E-state index contributed by atoms with van der Waals surface area (Å²) in [5, 5.41) is 0.0475. The number of amides is 1. The predicted octanol–water partition coefficient (Wildman–Crippen LogP) is 0.717. The van der Waals surface area contributed by atoms with Crippen LogP contribution in [0.5, 0.6) is 0 Å². The minimum absolute atomic E-state index is 0.0343. The molecule has 2 rings (SSSR count). The fraction of sp³-hybridized carbons (Fsp3) is 0.444. The SMILES string of the molecule is C=CCOC(=O)C1C(=S)SC2CC(=O)N21. The maximum atomic E-state index is 11.6. The summed E-state index contributed by atoms with van der Waals surface area (Å²) in [6, 6.07) is -0.670. The smallest absolute Gasteiger partial charge is 0.335 e. The van der Waals surface area contributed by atoms with E-state index in [2.05, 4.69) is 6.58 Å². The van der Waals surface area contributed by atoms with Crippen molar-refractivity contribution in [1.82, 2.24) is 4.90 Å². The van der Waals surface area contributed by atoms with E-state index >= 15 is 0 Å². The summed E-state index contributed by atoms with van der Waals surface area (Å²) in [6.45, 7) is 3.59. The van der Waals surface area contributed by atoms with E-state index in [1.54, 1.807) is 0 Å². The Bertz CT molecular complexity index is 355. The highest BCUT2D eigenvalue weighted by molar-refractivity contribution is 8.24. The molecule has 2 aliphatic heterocycles. The van der Waals surface area contributed by atoms with Crippen molar-refractivity contribution in [3.05, 3.63) is 12.7 Å². The summed E-state index contributed by atoms with van der Waals surface area (Å²) in [5.74, 6) is -0.490. The van der Waals surface area contributed by atoms with E-state index in [0.29, 0.717) is 10.6 Å². The molecule has 4 nitrogen and oxygen atoms in total. The number of esters is 1. The van der Waals surface area contributed by atoms with Crippen LogP contribution in [0.15, 0.2) is 12.7 Å². The van der Waals surface area contributed by atoms with E-state index in [1.807, 2.05) is 0 Å². The predicted molar refractivity (Wildman–Crippen MR) is 60.4 cm³/mol. The van der Waals surface area contributed by atoms with Crippen molar-refractivity contribution >= 4 is 40.1 Å². The molecule has 0 saturated carbocycles. The number of hydrogen-bond acceptors (Lipinski definition) is 5. The Morgan fingerprint density at radius 3 is 3.13 bits per heavy atom. The zero-order valence-corrected chi connectivity index (χ0v) is 9.47. The Hall–Kier alpha value is -0.880. The van der Waals surface area contributed by atoms with Gasteiger partial charge in [0, 0.05) is 0 Å². The molecule has 0 aromatic heterocycles. The number of ether oxygens (including phenoxy) is 1. The van der Waals surface area contributed by atoms with Gasteiger partial charge in [-0.3, -0.25) is 4.79 Å². The Balaban J connectivity index is 2.07. The molecule has 2 unspecified atom stereocenters. The highest BCUT2D eigenvalue weighted by Gasteiger charge is 2.53. The van der Waals surface area contributed by atoms with Crippen LogP contribution in [-0.4, -0.2) is 39.0 Å². The summed E-state index contributed by atoms with van der Waals surface area (Å²) in [4.78, 5) is 24.4. The van der Waals surface area contributed by atoms with Crippen LogP contribution in [0.2, 0.25) is 0 Å². The van der Waals surface area contributed by atoms with Gasteiger partial charge in [0.1, 0.15) is 6.61 Å². The molecule has 0 radical (unpaired) electrons. The van der Waals surface area contributed by atoms with E-state index in [1.165, 1.54) is 22.7 Å². The largest absolute Gasteiger partial charge is 0.460 e. The number of thiocarbonyl (C=S) groups is 1. The van der Waals surface area contributed by atoms with Gasteiger partial charge in [-0.05, 0) is 0 Å². The molecule has 2 heterocycles. The van der Waals surface area contributed by atoms with Crippen LogP contribution in [-0.2, 0) is 14.3 Å². The molecular weight excluding hydrogens is 234 g/mol. The minimum atomic E-state index is -0.670. The van der Waals surface area contributed by atoms with Gasteiger partial charge >= 0.3 is 5.97 Å². The van der Waals surface area contributed by atoms with Crippen LogP contribution in [0.1, 0.15) is 6.42 Å². The van der Waals surface area contributed by atoms with Crippen LogP contribution in [0, 0.1) is 0 Å². The second-order valence-electron chi connectivity index (χ2n) is 3.22. The molecule has 0 aliphatic carbocycles. The molecular formula is C9H9NO3S2. The average molecular weight is 243 g/mol. The van der Waals surface area contributed by atoms with Crippen LogP contribution >= 0.6 is 24.0 Å². The number of fused-ring (bicyclic) bond motifs is 1. The molecule has 0 N–H and O–H groups in total. The number of thioether (sulfide) groups is 1. The van der Waals surface area contributed by atoms with Crippen LogP contribution < -0.4 is 0 Å². The zero-order valence-electron chi connectivity index (χ0n) is 7.84. The zero-order chi connectivity index (χ0) is 11.0. The number of hydrogen-bond donors (Lipinski definition) is 0. The van der Waals surface area contributed by atoms with Crippen molar-refractivity contribution in [1.29, 1.82) is 0 Å². The summed E-state index contributed by atoms with van der Waals surface area (Å²) in [6.07, 6.45) is 1.95. The lowest BCUT2D eigenvalue weighted by Crippen LogP contribution is -2.55. The third-order valence-electron chi connectivity index (χ3n) is 2.27. The van der Waals surface area contributed by atoms with Crippen molar-refractivity contribution in [3.63, 3.8) is 0 Å². The number of nitrogens with zero attached hydrogens (tertiary/aromatic N) is 1. The quantitative estimate of drug-likeness (QED) is 0.316. The van der Waals surface area contributed by atoms with Crippen LogP contribution in [0.4, 0.5) is 0 Å². The molecule has 2 fully saturated rings. The van der Waals surface area contributed by atoms with Crippen molar-refractivity contribution in [2.24, 2.45) is 0 Å². The van der Waals surface area contributed by atoms with Crippen molar-refractivity contribution in [3.8, 4) is 0 Å². The van der Waals surface area contributed by atoms with E-state index in [0.717, 1.165) is 0 Å². The van der Waals surface area contributed by atoms with E-state index in [4.69, 9.17) is 17.0 Å². The highest BCUT2D eigenvalue weighted by Crippen LogP contribution is 2.41. The van der Waals surface area contributed by atoms with E-state index in [9.17, 15) is 9.59 Å². The van der Waals surface area contributed by atoms with Gasteiger partial charge in [0.15, 0.2) is 6.04 Å². The van der Waals surface area contributed by atoms with Crippen LogP contribution in [0.3, 0.4) is 0 Å². The average Bonchev–Trinajstić information content (AvgIpc) is 2.46. The van der Waals surface area contributed by atoms with Gasteiger partial charge in [-0.2, -0.15) is 0 Å². The normalized spacial score (nSPS) is 28.4. The molecule has 0 spiro atoms. The second kappa shape index (κ2) is 3.94. The Morgan fingerprint density at radius 1 is 1.80 bits per heavy atom.